The highest BCUT2D eigenvalue weighted by atomic mass is 16.2. The standard InChI is InChI=1S/C20H22N4O/c1-14-7-9-21-12-17(14)15-8-10-24(13-15)20(25)11-18-16-5-3-4-6-19(16)23(2)22-18/h3-7,9,12,15H,8,10-11,13H2,1-2H3. The van der Waals surface area contributed by atoms with Crippen molar-refractivity contribution in [2.24, 2.45) is 7.05 Å². The minimum Gasteiger partial charge on any atom is -0.342 e. The number of amides is 1. The Bertz CT molecular complexity index is 930. The highest BCUT2D eigenvalue weighted by Gasteiger charge is 2.29. The van der Waals surface area contributed by atoms with Crippen molar-refractivity contribution < 1.29 is 4.79 Å². The molecule has 0 spiro atoms. The summed E-state index contributed by atoms with van der Waals surface area (Å²) in [6.07, 6.45) is 5.13. The van der Waals surface area contributed by atoms with E-state index in [9.17, 15) is 4.79 Å². The Hall–Kier alpha value is -2.69. The quantitative estimate of drug-likeness (QED) is 0.740. The number of rotatable bonds is 3. The van der Waals surface area contributed by atoms with Gasteiger partial charge in [-0.3, -0.25) is 14.5 Å². The molecule has 0 bridgehead atoms. The van der Waals surface area contributed by atoms with Gasteiger partial charge in [-0.15, -0.1) is 0 Å². The summed E-state index contributed by atoms with van der Waals surface area (Å²) < 4.78 is 1.85. The zero-order valence-corrected chi connectivity index (χ0v) is 14.6. The topological polar surface area (TPSA) is 51.0 Å². The first-order valence-corrected chi connectivity index (χ1v) is 8.72. The zero-order chi connectivity index (χ0) is 17.4. The van der Waals surface area contributed by atoms with Gasteiger partial charge in [0.05, 0.1) is 17.6 Å². The molecule has 1 atom stereocenters. The smallest absolute Gasteiger partial charge is 0.228 e. The number of carbonyl (C=O) groups excluding carboxylic acids is 1. The second kappa shape index (κ2) is 6.31. The van der Waals surface area contributed by atoms with Crippen molar-refractivity contribution in [1.82, 2.24) is 19.7 Å². The number of aromatic nitrogens is 3. The molecule has 1 unspecified atom stereocenters. The maximum absolute atomic E-state index is 12.8. The van der Waals surface area contributed by atoms with Gasteiger partial charge in [0.15, 0.2) is 0 Å². The van der Waals surface area contributed by atoms with E-state index in [2.05, 4.69) is 17.0 Å². The molecular weight excluding hydrogens is 312 g/mol. The summed E-state index contributed by atoms with van der Waals surface area (Å²) in [6, 6.07) is 10.1. The first kappa shape index (κ1) is 15.8. The summed E-state index contributed by atoms with van der Waals surface area (Å²) in [5.74, 6) is 0.547. The lowest BCUT2D eigenvalue weighted by atomic mass is 9.96. The van der Waals surface area contributed by atoms with Crippen molar-refractivity contribution in [2.45, 2.75) is 25.7 Å². The van der Waals surface area contributed by atoms with Gasteiger partial charge in [-0.05, 0) is 36.6 Å². The van der Waals surface area contributed by atoms with E-state index in [-0.39, 0.29) is 5.91 Å². The third kappa shape index (κ3) is 2.90. The second-order valence-corrected chi connectivity index (χ2v) is 6.82. The molecule has 5 nitrogen and oxygen atoms in total. The van der Waals surface area contributed by atoms with Crippen molar-refractivity contribution in [3.8, 4) is 0 Å². The molecule has 1 saturated heterocycles. The van der Waals surface area contributed by atoms with Gasteiger partial charge >= 0.3 is 0 Å². The van der Waals surface area contributed by atoms with Gasteiger partial charge in [0.1, 0.15) is 0 Å². The molecule has 1 aromatic carbocycles. The van der Waals surface area contributed by atoms with E-state index in [4.69, 9.17) is 0 Å². The monoisotopic (exact) mass is 334 g/mol. The van der Waals surface area contributed by atoms with Crippen LogP contribution < -0.4 is 0 Å². The highest BCUT2D eigenvalue weighted by Crippen LogP contribution is 2.29. The summed E-state index contributed by atoms with van der Waals surface area (Å²) in [5, 5.41) is 5.62. The van der Waals surface area contributed by atoms with E-state index >= 15 is 0 Å². The number of aryl methyl sites for hydroxylation is 2. The number of hydrogen-bond donors (Lipinski definition) is 0. The number of nitrogens with zero attached hydrogens (tertiary/aromatic N) is 4. The van der Waals surface area contributed by atoms with Crippen LogP contribution in [-0.4, -0.2) is 38.7 Å². The molecule has 1 aliphatic rings. The lowest BCUT2D eigenvalue weighted by Crippen LogP contribution is -2.30. The molecule has 0 aliphatic carbocycles. The Kier molecular flexibility index (Phi) is 3.99. The molecule has 3 aromatic rings. The number of para-hydroxylation sites is 1. The van der Waals surface area contributed by atoms with Crippen LogP contribution in [0.2, 0.25) is 0 Å². The first-order valence-electron chi connectivity index (χ1n) is 8.72. The molecule has 0 radical (unpaired) electrons. The number of fused-ring (bicyclic) bond motifs is 1. The number of pyridine rings is 1. The Morgan fingerprint density at radius 1 is 1.28 bits per heavy atom. The Labute approximate surface area is 147 Å². The molecule has 4 rings (SSSR count). The van der Waals surface area contributed by atoms with E-state index in [1.54, 1.807) is 0 Å². The average molecular weight is 334 g/mol. The summed E-state index contributed by atoms with van der Waals surface area (Å²) in [6.45, 7) is 3.69. The highest BCUT2D eigenvalue weighted by molar-refractivity contribution is 5.87. The fourth-order valence-electron chi connectivity index (χ4n) is 3.82. The van der Waals surface area contributed by atoms with Crippen LogP contribution in [-0.2, 0) is 18.3 Å². The van der Waals surface area contributed by atoms with Crippen LogP contribution in [0.4, 0.5) is 0 Å². The molecule has 5 heteroatoms. The van der Waals surface area contributed by atoms with Crippen molar-refractivity contribution in [2.75, 3.05) is 13.1 Å². The number of likely N-dealkylation sites (tertiary alicyclic amines) is 1. The first-order chi connectivity index (χ1) is 12.1. The van der Waals surface area contributed by atoms with Crippen molar-refractivity contribution >= 4 is 16.8 Å². The molecule has 0 N–H and O–H groups in total. The van der Waals surface area contributed by atoms with Crippen molar-refractivity contribution in [3.63, 3.8) is 0 Å². The Morgan fingerprint density at radius 2 is 2.12 bits per heavy atom. The second-order valence-electron chi connectivity index (χ2n) is 6.82. The molecule has 1 fully saturated rings. The van der Waals surface area contributed by atoms with Crippen LogP contribution in [0.1, 0.15) is 29.2 Å². The van der Waals surface area contributed by atoms with Crippen LogP contribution >= 0.6 is 0 Å². The van der Waals surface area contributed by atoms with Gasteiger partial charge in [-0.2, -0.15) is 5.10 Å². The lowest BCUT2D eigenvalue weighted by molar-refractivity contribution is -0.129. The van der Waals surface area contributed by atoms with E-state index in [1.807, 2.05) is 59.4 Å². The number of carbonyl (C=O) groups is 1. The predicted molar refractivity (Wildman–Crippen MR) is 97.3 cm³/mol. The molecule has 128 valence electrons. The van der Waals surface area contributed by atoms with Crippen LogP contribution in [0.25, 0.3) is 10.9 Å². The van der Waals surface area contributed by atoms with Crippen molar-refractivity contribution in [3.05, 3.63) is 59.5 Å². The van der Waals surface area contributed by atoms with E-state index < -0.39 is 0 Å². The summed E-state index contributed by atoms with van der Waals surface area (Å²) in [5.41, 5.74) is 4.45. The largest absolute Gasteiger partial charge is 0.342 e. The van der Waals surface area contributed by atoms with Crippen LogP contribution in [0.15, 0.2) is 42.7 Å². The zero-order valence-electron chi connectivity index (χ0n) is 14.6. The summed E-state index contributed by atoms with van der Waals surface area (Å²) in [7, 11) is 1.92. The minimum absolute atomic E-state index is 0.160. The van der Waals surface area contributed by atoms with Crippen molar-refractivity contribution in [1.29, 1.82) is 0 Å². The Morgan fingerprint density at radius 3 is 2.96 bits per heavy atom. The summed E-state index contributed by atoms with van der Waals surface area (Å²) >= 11 is 0. The van der Waals surface area contributed by atoms with Gasteiger partial charge in [-0.1, -0.05) is 18.2 Å². The Balaban J connectivity index is 1.50. The third-order valence-corrected chi connectivity index (χ3v) is 5.21. The number of benzene rings is 1. The normalized spacial score (nSPS) is 17.4. The van der Waals surface area contributed by atoms with Crippen LogP contribution in [0, 0.1) is 6.92 Å². The van der Waals surface area contributed by atoms with Gasteiger partial charge in [0, 0.05) is 43.8 Å². The molecule has 0 saturated carbocycles. The average Bonchev–Trinajstić information content (AvgIpc) is 3.22. The molecule has 3 heterocycles. The maximum Gasteiger partial charge on any atom is 0.228 e. The summed E-state index contributed by atoms with van der Waals surface area (Å²) in [4.78, 5) is 19.0. The van der Waals surface area contributed by atoms with E-state index in [0.29, 0.717) is 12.3 Å². The fourth-order valence-corrected chi connectivity index (χ4v) is 3.82. The SMILES string of the molecule is Cc1ccncc1C1CCN(C(=O)Cc2nn(C)c3ccccc23)C1. The molecule has 1 aliphatic heterocycles. The molecular formula is C20H22N4O. The van der Waals surface area contributed by atoms with Crippen LogP contribution in [0.3, 0.4) is 0 Å². The minimum atomic E-state index is 0.160. The van der Waals surface area contributed by atoms with Gasteiger partial charge in [0.25, 0.3) is 0 Å². The van der Waals surface area contributed by atoms with E-state index in [1.165, 1.54) is 11.1 Å². The number of hydrogen-bond acceptors (Lipinski definition) is 3. The maximum atomic E-state index is 12.8. The molecule has 25 heavy (non-hydrogen) atoms. The van der Waals surface area contributed by atoms with E-state index in [0.717, 1.165) is 36.1 Å². The third-order valence-electron chi connectivity index (χ3n) is 5.21. The molecule has 1 amide bonds. The fraction of sp³-hybridized carbons (Fsp3) is 0.350. The predicted octanol–water partition coefficient (Wildman–Crippen LogP) is 2.84. The van der Waals surface area contributed by atoms with Gasteiger partial charge < -0.3 is 4.90 Å². The van der Waals surface area contributed by atoms with Gasteiger partial charge in [-0.25, -0.2) is 0 Å². The van der Waals surface area contributed by atoms with Crippen LogP contribution in [0.5, 0.6) is 0 Å². The van der Waals surface area contributed by atoms with Gasteiger partial charge in [0.2, 0.25) is 5.91 Å². The molecule has 2 aromatic heterocycles. The lowest BCUT2D eigenvalue weighted by Gasteiger charge is -2.17.